The predicted molar refractivity (Wildman–Crippen MR) is 69.6 cm³/mol. The number of rotatable bonds is 5. The molecule has 0 heterocycles. The molecule has 19 heavy (non-hydrogen) atoms. The average Bonchev–Trinajstić information content (AvgIpc) is 2.24. The Kier molecular flexibility index (Phi) is 6.24. The van der Waals surface area contributed by atoms with Crippen molar-refractivity contribution < 1.29 is 23.9 Å². The lowest BCUT2D eigenvalue weighted by Crippen LogP contribution is -2.43. The molecule has 0 aromatic carbocycles. The second kappa shape index (κ2) is 6.92. The lowest BCUT2D eigenvalue weighted by Gasteiger charge is -2.22. The van der Waals surface area contributed by atoms with Gasteiger partial charge in [-0.05, 0) is 27.7 Å². The van der Waals surface area contributed by atoms with Gasteiger partial charge < -0.3 is 14.8 Å². The van der Waals surface area contributed by atoms with Gasteiger partial charge in [0.05, 0.1) is 13.2 Å². The van der Waals surface area contributed by atoms with Crippen LogP contribution in [0.25, 0.3) is 0 Å². The molecule has 1 atom stereocenters. The zero-order chi connectivity index (χ0) is 15.2. The number of carbonyl (C=O) groups is 3. The number of hydrogen-bond acceptors (Lipinski definition) is 5. The van der Waals surface area contributed by atoms with Crippen LogP contribution in [0.1, 0.15) is 34.1 Å². The number of amides is 1. The summed E-state index contributed by atoms with van der Waals surface area (Å²) in [5.41, 5.74) is -0.552. The Balaban J connectivity index is 4.60. The number of methoxy groups -OCH3 is 1. The van der Waals surface area contributed by atoms with Crippen LogP contribution in [0, 0.1) is 0 Å². The SMILES string of the molecule is C=C(C[C@H](NC(=O)OC(C)(C)C)C(C)=O)C(=O)OC. The normalized spacial score (nSPS) is 12.3. The number of nitrogens with one attached hydrogen (secondary N) is 1. The Hall–Kier alpha value is -1.85. The maximum atomic E-state index is 11.6. The van der Waals surface area contributed by atoms with Gasteiger partial charge in [-0.15, -0.1) is 0 Å². The molecule has 0 bridgehead atoms. The molecule has 108 valence electrons. The van der Waals surface area contributed by atoms with Crippen LogP contribution in [-0.4, -0.2) is 36.6 Å². The summed E-state index contributed by atoms with van der Waals surface area (Å²) in [5.74, 6) is -0.909. The lowest BCUT2D eigenvalue weighted by atomic mass is 10.0. The van der Waals surface area contributed by atoms with E-state index < -0.39 is 23.7 Å². The number of Topliss-reactive ketones (excluding diaryl/α,β-unsaturated/α-hetero) is 1. The standard InChI is InChI=1S/C13H21NO5/c1-8(11(16)18-6)7-10(9(2)15)14-12(17)19-13(3,4)5/h10H,1,7H2,2-6H3,(H,14,17)/t10-/m0/s1. The second-order valence-electron chi connectivity index (χ2n) is 5.11. The van der Waals surface area contributed by atoms with Crippen LogP contribution in [0.3, 0.4) is 0 Å². The molecule has 1 N–H and O–H groups in total. The minimum absolute atomic E-state index is 0.0126. The minimum atomic E-state index is -0.860. The Morgan fingerprint density at radius 1 is 1.26 bits per heavy atom. The fourth-order valence-corrected chi connectivity index (χ4v) is 1.22. The molecule has 6 heteroatoms. The smallest absolute Gasteiger partial charge is 0.408 e. The predicted octanol–water partition coefficient (Wildman–Crippen LogP) is 1.59. The minimum Gasteiger partial charge on any atom is -0.466 e. The third-order valence-electron chi connectivity index (χ3n) is 2.11. The topological polar surface area (TPSA) is 81.7 Å². The van der Waals surface area contributed by atoms with E-state index in [9.17, 15) is 14.4 Å². The third kappa shape index (κ3) is 7.23. The molecule has 0 aliphatic rings. The quantitative estimate of drug-likeness (QED) is 0.606. The van der Waals surface area contributed by atoms with Gasteiger partial charge in [0.15, 0.2) is 5.78 Å². The van der Waals surface area contributed by atoms with E-state index in [0.717, 1.165) is 0 Å². The number of hydrogen-bond donors (Lipinski definition) is 1. The molecular formula is C13H21NO5. The monoisotopic (exact) mass is 271 g/mol. The van der Waals surface area contributed by atoms with E-state index in [1.54, 1.807) is 20.8 Å². The van der Waals surface area contributed by atoms with E-state index in [0.29, 0.717) is 0 Å². The van der Waals surface area contributed by atoms with Crippen molar-refractivity contribution in [2.75, 3.05) is 7.11 Å². The van der Waals surface area contributed by atoms with E-state index in [1.165, 1.54) is 14.0 Å². The van der Waals surface area contributed by atoms with Gasteiger partial charge in [0, 0.05) is 12.0 Å². The molecule has 0 spiro atoms. The Morgan fingerprint density at radius 3 is 2.16 bits per heavy atom. The largest absolute Gasteiger partial charge is 0.466 e. The van der Waals surface area contributed by atoms with Crippen molar-refractivity contribution in [1.29, 1.82) is 0 Å². The Labute approximate surface area is 113 Å². The maximum absolute atomic E-state index is 11.6. The molecule has 0 saturated heterocycles. The summed E-state index contributed by atoms with van der Waals surface area (Å²) in [4.78, 5) is 34.2. The first-order valence-electron chi connectivity index (χ1n) is 5.83. The molecule has 0 saturated carbocycles. The van der Waals surface area contributed by atoms with E-state index in [2.05, 4.69) is 16.6 Å². The summed E-state index contributed by atoms with van der Waals surface area (Å²) in [6.45, 7) is 9.96. The maximum Gasteiger partial charge on any atom is 0.408 e. The van der Waals surface area contributed by atoms with Gasteiger partial charge in [0.1, 0.15) is 5.60 Å². The molecule has 0 aliphatic heterocycles. The van der Waals surface area contributed by atoms with Crippen LogP contribution >= 0.6 is 0 Å². The molecule has 0 unspecified atom stereocenters. The molecule has 0 aromatic heterocycles. The van der Waals surface area contributed by atoms with Gasteiger partial charge in [-0.25, -0.2) is 9.59 Å². The zero-order valence-electron chi connectivity index (χ0n) is 12.0. The van der Waals surface area contributed by atoms with Gasteiger partial charge in [0.2, 0.25) is 0 Å². The fourth-order valence-electron chi connectivity index (χ4n) is 1.22. The number of alkyl carbamates (subject to hydrolysis) is 1. The fraction of sp³-hybridized carbons (Fsp3) is 0.615. The van der Waals surface area contributed by atoms with Gasteiger partial charge >= 0.3 is 12.1 Å². The van der Waals surface area contributed by atoms with Crippen molar-refractivity contribution in [1.82, 2.24) is 5.32 Å². The molecule has 0 aliphatic carbocycles. The van der Waals surface area contributed by atoms with E-state index in [-0.39, 0.29) is 17.8 Å². The summed E-state index contributed by atoms with van der Waals surface area (Å²) in [6, 6.07) is -0.860. The first-order chi connectivity index (χ1) is 8.56. The van der Waals surface area contributed by atoms with Crippen molar-refractivity contribution in [2.45, 2.75) is 45.8 Å². The number of esters is 1. The highest BCUT2D eigenvalue weighted by molar-refractivity contribution is 5.91. The Bertz CT molecular complexity index is 381. The molecular weight excluding hydrogens is 250 g/mol. The van der Waals surface area contributed by atoms with E-state index in [4.69, 9.17) is 4.74 Å². The number of ketones is 1. The highest BCUT2D eigenvalue weighted by Crippen LogP contribution is 2.10. The molecule has 6 nitrogen and oxygen atoms in total. The van der Waals surface area contributed by atoms with Crippen LogP contribution in [-0.2, 0) is 19.1 Å². The van der Waals surface area contributed by atoms with Crippen molar-refractivity contribution >= 4 is 17.8 Å². The first-order valence-corrected chi connectivity index (χ1v) is 5.83. The van der Waals surface area contributed by atoms with Crippen molar-refractivity contribution in [3.05, 3.63) is 12.2 Å². The summed E-state index contributed by atoms with van der Waals surface area (Å²) in [5, 5.41) is 2.40. The number of ether oxygens (including phenoxy) is 2. The molecule has 0 aromatic rings. The van der Waals surface area contributed by atoms with Gasteiger partial charge in [-0.3, -0.25) is 4.79 Å². The van der Waals surface area contributed by atoms with Crippen molar-refractivity contribution in [3.63, 3.8) is 0 Å². The van der Waals surface area contributed by atoms with Gasteiger partial charge in [-0.2, -0.15) is 0 Å². The van der Waals surface area contributed by atoms with Crippen molar-refractivity contribution in [3.8, 4) is 0 Å². The lowest BCUT2D eigenvalue weighted by molar-refractivity contribution is -0.136. The van der Waals surface area contributed by atoms with Crippen molar-refractivity contribution in [2.24, 2.45) is 0 Å². The first kappa shape index (κ1) is 17.2. The van der Waals surface area contributed by atoms with Crippen LogP contribution in [0.15, 0.2) is 12.2 Å². The summed E-state index contributed by atoms with van der Waals surface area (Å²) in [7, 11) is 1.22. The van der Waals surface area contributed by atoms with Crippen LogP contribution in [0.5, 0.6) is 0 Å². The summed E-state index contributed by atoms with van der Waals surface area (Å²) in [6.07, 6.45) is -0.730. The van der Waals surface area contributed by atoms with Gasteiger partial charge in [0.25, 0.3) is 0 Å². The van der Waals surface area contributed by atoms with Gasteiger partial charge in [-0.1, -0.05) is 6.58 Å². The molecule has 0 rings (SSSR count). The Morgan fingerprint density at radius 2 is 1.79 bits per heavy atom. The highest BCUT2D eigenvalue weighted by Gasteiger charge is 2.24. The van der Waals surface area contributed by atoms with E-state index >= 15 is 0 Å². The average molecular weight is 271 g/mol. The molecule has 0 radical (unpaired) electrons. The summed E-state index contributed by atoms with van der Waals surface area (Å²) < 4.78 is 9.52. The number of carbonyl (C=O) groups excluding carboxylic acids is 3. The second-order valence-corrected chi connectivity index (χ2v) is 5.11. The van der Waals surface area contributed by atoms with E-state index in [1.807, 2.05) is 0 Å². The van der Waals surface area contributed by atoms with Crippen LogP contribution in [0.4, 0.5) is 4.79 Å². The third-order valence-corrected chi connectivity index (χ3v) is 2.11. The highest BCUT2D eigenvalue weighted by atomic mass is 16.6. The summed E-state index contributed by atoms with van der Waals surface area (Å²) >= 11 is 0. The molecule has 1 amide bonds. The van der Waals surface area contributed by atoms with Crippen LogP contribution in [0.2, 0.25) is 0 Å². The van der Waals surface area contributed by atoms with Crippen LogP contribution < -0.4 is 5.32 Å². The zero-order valence-corrected chi connectivity index (χ0v) is 12.0. The molecule has 0 fully saturated rings.